The van der Waals surface area contributed by atoms with Crippen molar-refractivity contribution in [1.29, 1.82) is 0 Å². The van der Waals surface area contributed by atoms with E-state index in [-0.39, 0.29) is 104 Å². The highest BCUT2D eigenvalue weighted by Crippen LogP contribution is 2.54. The maximum absolute atomic E-state index is 13.3. The number of hydrogen-bond acceptors (Lipinski definition) is 11. The standard InChI is InChI=1S/C40H61NO10/c1-20-12-28(44-23(4)22(20)3)6-8-32-21(2)13-30(46-32)10-11-40-18-34-36(50-40)37-38(49-34)39(51-40)35-33(48-37)9-7-29(47-35)16-26(42)14-25-15-31(45-24(25)5)17-27(43)19-41/h20,23-25,27-39,43H,2-3,6-19,41H2,1,4-5H3/t20-,23-,24+,25-,27+,28+,29-,30+,31+,32+,33+,34-,35+,36+,37+,38?,39+,40+/m1/s1. The molecule has 9 rings (SSSR count). The summed E-state index contributed by atoms with van der Waals surface area (Å²) in [5, 5.41) is 9.97. The van der Waals surface area contributed by atoms with E-state index in [2.05, 4.69) is 27.0 Å². The highest BCUT2D eigenvalue weighted by molar-refractivity contribution is 5.79. The Kier molecular flexibility index (Phi) is 10.6. The van der Waals surface area contributed by atoms with Gasteiger partial charge < -0.3 is 48.7 Å². The molecule has 0 spiro atoms. The summed E-state index contributed by atoms with van der Waals surface area (Å²) in [5.41, 5.74) is 7.96. The second-order valence-corrected chi connectivity index (χ2v) is 17.2. The molecule has 9 saturated heterocycles. The quantitative estimate of drug-likeness (QED) is 0.262. The molecule has 51 heavy (non-hydrogen) atoms. The molecule has 0 saturated carbocycles. The number of Topliss-reactive ketones (excluding diaryl/α,β-unsaturated/α-hetero) is 1. The first-order chi connectivity index (χ1) is 24.5. The van der Waals surface area contributed by atoms with Gasteiger partial charge in [-0.1, -0.05) is 20.1 Å². The predicted octanol–water partition coefficient (Wildman–Crippen LogP) is 4.45. The Morgan fingerprint density at radius 1 is 0.824 bits per heavy atom. The molecule has 9 aliphatic heterocycles. The minimum atomic E-state index is -0.770. The van der Waals surface area contributed by atoms with Crippen LogP contribution in [0, 0.1) is 11.8 Å². The van der Waals surface area contributed by atoms with Crippen LogP contribution in [-0.4, -0.2) is 115 Å². The zero-order valence-electron chi connectivity index (χ0n) is 30.8. The summed E-state index contributed by atoms with van der Waals surface area (Å²) in [6.45, 7) is 15.2. The predicted molar refractivity (Wildman–Crippen MR) is 187 cm³/mol. The van der Waals surface area contributed by atoms with Crippen molar-refractivity contribution < 1.29 is 47.8 Å². The zero-order chi connectivity index (χ0) is 35.6. The fourth-order valence-corrected chi connectivity index (χ4v) is 10.6. The molecular formula is C40H61NO10. The molecule has 11 nitrogen and oxygen atoms in total. The molecule has 18 atom stereocenters. The number of carbonyl (C=O) groups is 1. The van der Waals surface area contributed by atoms with E-state index in [1.165, 1.54) is 11.1 Å². The topological polar surface area (TPSA) is 137 Å². The lowest BCUT2D eigenvalue weighted by Crippen LogP contribution is -2.61. The van der Waals surface area contributed by atoms with Gasteiger partial charge >= 0.3 is 0 Å². The van der Waals surface area contributed by atoms with Crippen molar-refractivity contribution in [2.24, 2.45) is 17.6 Å². The highest BCUT2D eigenvalue weighted by Gasteiger charge is 2.68. The van der Waals surface area contributed by atoms with Crippen molar-refractivity contribution in [3.8, 4) is 0 Å². The molecule has 9 fully saturated rings. The molecule has 11 heteroatoms. The number of rotatable bonds is 13. The van der Waals surface area contributed by atoms with Gasteiger partial charge in [0.15, 0.2) is 5.79 Å². The molecule has 0 aromatic heterocycles. The fourth-order valence-electron chi connectivity index (χ4n) is 10.6. The van der Waals surface area contributed by atoms with Crippen LogP contribution in [0.3, 0.4) is 0 Å². The Labute approximate surface area is 303 Å². The van der Waals surface area contributed by atoms with Crippen molar-refractivity contribution in [1.82, 2.24) is 0 Å². The van der Waals surface area contributed by atoms with E-state index in [9.17, 15) is 9.90 Å². The van der Waals surface area contributed by atoms with Gasteiger partial charge in [0.1, 0.15) is 36.3 Å². The summed E-state index contributed by atoms with van der Waals surface area (Å²) in [6, 6.07) is 0. The summed E-state index contributed by atoms with van der Waals surface area (Å²) in [6.07, 6.45) is 7.86. The monoisotopic (exact) mass is 715 g/mol. The van der Waals surface area contributed by atoms with Crippen molar-refractivity contribution in [2.45, 2.75) is 202 Å². The Hall–Kier alpha value is -1.25. The van der Waals surface area contributed by atoms with E-state index in [1.54, 1.807) is 0 Å². The molecular weight excluding hydrogens is 654 g/mol. The number of fused-ring (bicyclic) bond motifs is 1. The first-order valence-corrected chi connectivity index (χ1v) is 20.0. The third-order valence-corrected chi connectivity index (χ3v) is 13.5. The lowest BCUT2D eigenvalue weighted by atomic mass is 9.86. The largest absolute Gasteiger partial charge is 0.392 e. The number of nitrogens with two attached hydrogens (primary N) is 1. The van der Waals surface area contributed by atoms with E-state index in [1.807, 2.05) is 6.92 Å². The van der Waals surface area contributed by atoms with Gasteiger partial charge in [-0.05, 0) is 88.2 Å². The van der Waals surface area contributed by atoms with Gasteiger partial charge in [0.25, 0.3) is 0 Å². The van der Waals surface area contributed by atoms with Crippen LogP contribution in [-0.2, 0) is 42.7 Å². The normalized spacial score (nSPS) is 49.4. The summed E-state index contributed by atoms with van der Waals surface area (Å²) in [5.74, 6) is 0.0335. The summed E-state index contributed by atoms with van der Waals surface area (Å²) in [4.78, 5) is 13.3. The lowest BCUT2D eigenvalue weighted by molar-refractivity contribution is -0.292. The minimum absolute atomic E-state index is 0.0254. The second kappa shape index (κ2) is 14.8. The van der Waals surface area contributed by atoms with Gasteiger partial charge in [-0.15, -0.1) is 0 Å². The summed E-state index contributed by atoms with van der Waals surface area (Å²) < 4.78 is 52.6. The summed E-state index contributed by atoms with van der Waals surface area (Å²) in [7, 11) is 0. The van der Waals surface area contributed by atoms with E-state index < -0.39 is 11.9 Å². The van der Waals surface area contributed by atoms with Crippen molar-refractivity contribution in [3.63, 3.8) is 0 Å². The van der Waals surface area contributed by atoms with Crippen molar-refractivity contribution in [3.05, 3.63) is 24.3 Å². The second-order valence-electron chi connectivity index (χ2n) is 17.2. The van der Waals surface area contributed by atoms with Crippen LogP contribution in [0.5, 0.6) is 0 Å². The van der Waals surface area contributed by atoms with Gasteiger partial charge in [0, 0.05) is 38.6 Å². The molecule has 3 N–H and O–H groups in total. The third kappa shape index (κ3) is 7.43. The van der Waals surface area contributed by atoms with E-state index in [0.717, 1.165) is 51.4 Å². The molecule has 286 valence electrons. The van der Waals surface area contributed by atoms with Gasteiger partial charge in [-0.25, -0.2) is 0 Å². The van der Waals surface area contributed by atoms with Crippen molar-refractivity contribution >= 4 is 5.78 Å². The van der Waals surface area contributed by atoms with Crippen LogP contribution >= 0.6 is 0 Å². The SMILES string of the molecule is C=C1C[C@H](CC[C@@]23C[C@H]4OC5[C@@H](O[C@H]6CC[C@H](CC(=O)C[C@@H]7C[C@@H](C[C@H](O)CN)O[C@H]7C)O[C@@H]6[C@@H]5O2)[C@H]4O3)O[C@H]1CC[C@H]1C[C@@H](C)C(=C)[C@@H](C)O1. The first-order valence-electron chi connectivity index (χ1n) is 20.0. The zero-order valence-corrected chi connectivity index (χ0v) is 30.8. The number of aliphatic hydroxyl groups is 1. The molecule has 0 aromatic carbocycles. The van der Waals surface area contributed by atoms with Gasteiger partial charge in [0.05, 0.1) is 61.0 Å². The molecule has 1 unspecified atom stereocenters. The first kappa shape index (κ1) is 36.7. The third-order valence-electron chi connectivity index (χ3n) is 13.5. The number of ketones is 1. The van der Waals surface area contributed by atoms with Crippen LogP contribution in [0.25, 0.3) is 0 Å². The highest BCUT2D eigenvalue weighted by atomic mass is 16.8. The molecule has 0 amide bonds. The van der Waals surface area contributed by atoms with Gasteiger partial charge in [-0.2, -0.15) is 0 Å². The molecule has 9 aliphatic rings. The molecule has 6 bridgehead atoms. The Bertz CT molecular complexity index is 1300. The number of ether oxygens (including phenoxy) is 8. The van der Waals surface area contributed by atoms with Crippen molar-refractivity contribution in [2.75, 3.05) is 6.54 Å². The Morgan fingerprint density at radius 2 is 1.61 bits per heavy atom. The molecule has 0 aromatic rings. The van der Waals surface area contributed by atoms with Crippen LogP contribution in [0.1, 0.15) is 104 Å². The van der Waals surface area contributed by atoms with E-state index in [4.69, 9.17) is 43.6 Å². The number of aliphatic hydroxyl groups excluding tert-OH is 1. The number of carbonyl (C=O) groups excluding carboxylic acids is 1. The maximum Gasteiger partial charge on any atom is 0.172 e. The molecule has 0 radical (unpaired) electrons. The summed E-state index contributed by atoms with van der Waals surface area (Å²) >= 11 is 0. The van der Waals surface area contributed by atoms with Crippen LogP contribution in [0.15, 0.2) is 24.3 Å². The van der Waals surface area contributed by atoms with Crippen LogP contribution < -0.4 is 5.73 Å². The van der Waals surface area contributed by atoms with E-state index in [0.29, 0.717) is 38.0 Å². The average Bonchev–Trinajstić information content (AvgIpc) is 3.78. The Morgan fingerprint density at radius 3 is 2.41 bits per heavy atom. The molecule has 0 aliphatic carbocycles. The van der Waals surface area contributed by atoms with Crippen LogP contribution in [0.2, 0.25) is 0 Å². The van der Waals surface area contributed by atoms with Crippen LogP contribution in [0.4, 0.5) is 0 Å². The van der Waals surface area contributed by atoms with Gasteiger partial charge in [0.2, 0.25) is 0 Å². The fraction of sp³-hybridized carbons (Fsp3) is 0.875. The smallest absolute Gasteiger partial charge is 0.172 e. The lowest BCUT2D eigenvalue weighted by Gasteiger charge is -2.47. The van der Waals surface area contributed by atoms with Gasteiger partial charge in [-0.3, -0.25) is 4.79 Å². The Balaban J connectivity index is 0.847. The average molecular weight is 716 g/mol. The maximum atomic E-state index is 13.3. The molecule has 9 heterocycles. The number of hydrogen-bond donors (Lipinski definition) is 2. The minimum Gasteiger partial charge on any atom is -0.392 e. The van der Waals surface area contributed by atoms with E-state index >= 15 is 0 Å².